The van der Waals surface area contributed by atoms with Crippen molar-refractivity contribution in [3.05, 3.63) is 23.8 Å². The fourth-order valence-corrected chi connectivity index (χ4v) is 2.45. The van der Waals surface area contributed by atoms with Crippen molar-refractivity contribution in [2.75, 3.05) is 43.1 Å². The molecule has 0 spiro atoms. The number of ether oxygens (including phenoxy) is 1. The van der Waals surface area contributed by atoms with Crippen LogP contribution in [0.4, 0.5) is 16.2 Å². The van der Waals surface area contributed by atoms with Gasteiger partial charge in [0.25, 0.3) is 0 Å². The molecule has 5 nitrogen and oxygen atoms in total. The molecule has 1 saturated heterocycles. The van der Waals surface area contributed by atoms with Crippen LogP contribution in [0.3, 0.4) is 0 Å². The first-order valence-corrected chi connectivity index (χ1v) is 8.04. The number of amides is 2. The van der Waals surface area contributed by atoms with E-state index in [2.05, 4.69) is 41.5 Å². The molecular weight excluding hydrogens is 278 g/mol. The van der Waals surface area contributed by atoms with Crippen LogP contribution in [0.15, 0.2) is 18.2 Å². The summed E-state index contributed by atoms with van der Waals surface area (Å²) in [6, 6.07) is 6.02. The molecule has 2 amide bonds. The largest absolute Gasteiger partial charge is 0.378 e. The molecule has 1 aliphatic heterocycles. The summed E-state index contributed by atoms with van der Waals surface area (Å²) in [5.41, 5.74) is 3.12. The van der Waals surface area contributed by atoms with Crippen LogP contribution in [0, 0.1) is 12.8 Å². The Balaban J connectivity index is 1.90. The molecule has 0 aromatic heterocycles. The molecule has 1 aromatic carbocycles. The van der Waals surface area contributed by atoms with Gasteiger partial charge >= 0.3 is 6.03 Å². The number of urea groups is 1. The van der Waals surface area contributed by atoms with Crippen LogP contribution in [0.2, 0.25) is 0 Å². The third kappa shape index (κ3) is 4.91. The maximum atomic E-state index is 11.9. The summed E-state index contributed by atoms with van der Waals surface area (Å²) >= 11 is 0. The second-order valence-electron chi connectivity index (χ2n) is 6.16. The van der Waals surface area contributed by atoms with Crippen LogP contribution in [-0.4, -0.2) is 38.9 Å². The Labute approximate surface area is 133 Å². The van der Waals surface area contributed by atoms with Crippen molar-refractivity contribution < 1.29 is 9.53 Å². The van der Waals surface area contributed by atoms with E-state index >= 15 is 0 Å². The van der Waals surface area contributed by atoms with E-state index in [9.17, 15) is 4.79 Å². The molecule has 1 fully saturated rings. The van der Waals surface area contributed by atoms with E-state index in [1.807, 2.05) is 13.0 Å². The van der Waals surface area contributed by atoms with Gasteiger partial charge in [-0.25, -0.2) is 4.79 Å². The van der Waals surface area contributed by atoms with Crippen molar-refractivity contribution in [1.82, 2.24) is 5.32 Å². The zero-order valence-corrected chi connectivity index (χ0v) is 13.8. The topological polar surface area (TPSA) is 53.6 Å². The van der Waals surface area contributed by atoms with Crippen molar-refractivity contribution >= 4 is 17.4 Å². The van der Waals surface area contributed by atoms with Gasteiger partial charge in [0.05, 0.1) is 13.2 Å². The maximum absolute atomic E-state index is 11.9. The first kappa shape index (κ1) is 16.6. The van der Waals surface area contributed by atoms with Crippen LogP contribution in [0.1, 0.15) is 25.8 Å². The number of hydrogen-bond donors (Lipinski definition) is 2. The number of rotatable bonds is 5. The number of anilines is 2. The van der Waals surface area contributed by atoms with E-state index in [4.69, 9.17) is 4.74 Å². The van der Waals surface area contributed by atoms with E-state index < -0.39 is 0 Å². The van der Waals surface area contributed by atoms with Crippen molar-refractivity contribution in [3.8, 4) is 0 Å². The summed E-state index contributed by atoms with van der Waals surface area (Å²) in [7, 11) is 0. The number of nitrogens with one attached hydrogen (secondary N) is 2. The molecule has 1 heterocycles. The highest BCUT2D eigenvalue weighted by Crippen LogP contribution is 2.23. The highest BCUT2D eigenvalue weighted by atomic mass is 16.5. The van der Waals surface area contributed by atoms with Crippen molar-refractivity contribution in [3.63, 3.8) is 0 Å². The van der Waals surface area contributed by atoms with Gasteiger partial charge in [-0.1, -0.05) is 13.8 Å². The Morgan fingerprint density at radius 2 is 2.05 bits per heavy atom. The molecule has 1 aliphatic rings. The number of aryl methyl sites for hydroxylation is 1. The molecule has 5 heteroatoms. The molecule has 1 aromatic rings. The minimum atomic E-state index is -0.136. The number of nitrogens with zero attached hydrogens (tertiary/aromatic N) is 1. The highest BCUT2D eigenvalue weighted by molar-refractivity contribution is 5.90. The lowest BCUT2D eigenvalue weighted by Crippen LogP contribution is -2.36. The lowest BCUT2D eigenvalue weighted by atomic mass is 10.1. The van der Waals surface area contributed by atoms with Gasteiger partial charge in [-0.3, -0.25) is 0 Å². The molecule has 0 atom stereocenters. The first-order chi connectivity index (χ1) is 10.6. The van der Waals surface area contributed by atoms with Gasteiger partial charge in [-0.05, 0) is 43.0 Å². The standard InChI is InChI=1S/C17H27N3O2/c1-13(2)6-7-18-17(21)19-16-5-4-15(12-14(16)3)20-8-10-22-11-9-20/h4-5,12-13H,6-11H2,1-3H3,(H2,18,19,21). The number of morpholine rings is 1. The average Bonchev–Trinajstić information content (AvgIpc) is 2.50. The molecule has 0 aliphatic carbocycles. The molecule has 0 saturated carbocycles. The maximum Gasteiger partial charge on any atom is 0.319 e. The summed E-state index contributed by atoms with van der Waals surface area (Å²) in [5.74, 6) is 0.592. The highest BCUT2D eigenvalue weighted by Gasteiger charge is 2.12. The summed E-state index contributed by atoms with van der Waals surface area (Å²) < 4.78 is 5.38. The molecule has 2 N–H and O–H groups in total. The Bertz CT molecular complexity index is 497. The van der Waals surface area contributed by atoms with Gasteiger partial charge in [0.15, 0.2) is 0 Å². The third-order valence-electron chi connectivity index (χ3n) is 3.84. The lowest BCUT2D eigenvalue weighted by Gasteiger charge is -2.29. The fourth-order valence-electron chi connectivity index (χ4n) is 2.45. The van der Waals surface area contributed by atoms with Gasteiger partial charge < -0.3 is 20.3 Å². The molecule has 0 bridgehead atoms. The molecular formula is C17H27N3O2. The lowest BCUT2D eigenvalue weighted by molar-refractivity contribution is 0.122. The Hall–Kier alpha value is -1.75. The number of carbonyl (C=O) groups excluding carboxylic acids is 1. The van der Waals surface area contributed by atoms with E-state index in [0.29, 0.717) is 12.5 Å². The molecule has 0 radical (unpaired) electrons. The number of carbonyl (C=O) groups is 1. The number of benzene rings is 1. The van der Waals surface area contributed by atoms with Crippen molar-refractivity contribution in [1.29, 1.82) is 0 Å². The Morgan fingerprint density at radius 1 is 1.32 bits per heavy atom. The summed E-state index contributed by atoms with van der Waals surface area (Å²) in [6.45, 7) is 10.4. The van der Waals surface area contributed by atoms with Gasteiger partial charge in [-0.15, -0.1) is 0 Å². The minimum absolute atomic E-state index is 0.136. The van der Waals surface area contributed by atoms with Crippen LogP contribution in [0.5, 0.6) is 0 Å². The molecule has 22 heavy (non-hydrogen) atoms. The first-order valence-electron chi connectivity index (χ1n) is 8.04. The summed E-state index contributed by atoms with van der Waals surface area (Å²) in [4.78, 5) is 14.2. The van der Waals surface area contributed by atoms with E-state index in [1.165, 1.54) is 5.69 Å². The zero-order chi connectivity index (χ0) is 15.9. The van der Waals surface area contributed by atoms with E-state index in [1.54, 1.807) is 0 Å². The van der Waals surface area contributed by atoms with Crippen LogP contribution in [0.25, 0.3) is 0 Å². The summed E-state index contributed by atoms with van der Waals surface area (Å²) in [5, 5.41) is 5.81. The SMILES string of the molecule is Cc1cc(N2CCOCC2)ccc1NC(=O)NCCC(C)C. The molecule has 2 rings (SSSR count). The average molecular weight is 305 g/mol. The van der Waals surface area contributed by atoms with E-state index in [-0.39, 0.29) is 6.03 Å². The van der Waals surface area contributed by atoms with Crippen LogP contribution >= 0.6 is 0 Å². The quantitative estimate of drug-likeness (QED) is 0.879. The molecule has 0 unspecified atom stereocenters. The van der Waals surface area contributed by atoms with Crippen molar-refractivity contribution in [2.45, 2.75) is 27.2 Å². The second-order valence-corrected chi connectivity index (χ2v) is 6.16. The van der Waals surface area contributed by atoms with Crippen LogP contribution in [-0.2, 0) is 4.74 Å². The fraction of sp³-hybridized carbons (Fsp3) is 0.588. The molecule has 122 valence electrons. The third-order valence-corrected chi connectivity index (χ3v) is 3.84. The summed E-state index contributed by atoms with van der Waals surface area (Å²) in [6.07, 6.45) is 0.988. The minimum Gasteiger partial charge on any atom is -0.378 e. The van der Waals surface area contributed by atoms with Crippen LogP contribution < -0.4 is 15.5 Å². The Kier molecular flexibility index (Phi) is 6.07. The number of hydrogen-bond acceptors (Lipinski definition) is 3. The van der Waals surface area contributed by atoms with Gasteiger partial charge in [-0.2, -0.15) is 0 Å². The zero-order valence-electron chi connectivity index (χ0n) is 13.8. The normalized spacial score (nSPS) is 15.0. The Morgan fingerprint density at radius 3 is 2.68 bits per heavy atom. The van der Waals surface area contributed by atoms with Gasteiger partial charge in [0, 0.05) is 31.0 Å². The van der Waals surface area contributed by atoms with Gasteiger partial charge in [0.2, 0.25) is 0 Å². The predicted octanol–water partition coefficient (Wildman–Crippen LogP) is 3.00. The van der Waals surface area contributed by atoms with Gasteiger partial charge in [0.1, 0.15) is 0 Å². The second kappa shape index (κ2) is 8.03. The predicted molar refractivity (Wildman–Crippen MR) is 90.7 cm³/mol. The smallest absolute Gasteiger partial charge is 0.319 e. The van der Waals surface area contributed by atoms with E-state index in [0.717, 1.165) is 44.0 Å². The van der Waals surface area contributed by atoms with Crippen molar-refractivity contribution in [2.24, 2.45) is 5.92 Å². The monoisotopic (exact) mass is 305 g/mol.